The van der Waals surface area contributed by atoms with Crippen LogP contribution in [-0.2, 0) is 10.5 Å². The number of nitrogens with zero attached hydrogens (tertiary/aromatic N) is 1. The number of amides is 2. The molecule has 6 heteroatoms. The highest BCUT2D eigenvalue weighted by Crippen LogP contribution is 1.69. The minimum Gasteiger partial charge on any atom is -0.336 e. The second-order valence-corrected chi connectivity index (χ2v) is 1.76. The van der Waals surface area contributed by atoms with Crippen molar-refractivity contribution >= 4 is 16.5 Å². The van der Waals surface area contributed by atoms with Crippen LogP contribution >= 0.6 is 0 Å². The lowest BCUT2D eigenvalue weighted by molar-refractivity contribution is 0.250. The van der Waals surface area contributed by atoms with E-state index in [1.807, 2.05) is 0 Å². The van der Waals surface area contributed by atoms with Gasteiger partial charge in [0.2, 0.25) is 0 Å². The SMILES string of the molecule is CCNC(=O)N=S(=O)=O. The largest absolute Gasteiger partial charge is 0.355 e. The summed E-state index contributed by atoms with van der Waals surface area (Å²) in [6, 6.07) is -0.828. The zero-order valence-electron chi connectivity index (χ0n) is 4.79. The van der Waals surface area contributed by atoms with E-state index in [0.29, 0.717) is 6.54 Å². The first-order valence-electron chi connectivity index (χ1n) is 2.25. The van der Waals surface area contributed by atoms with Gasteiger partial charge in [-0.05, 0) is 6.92 Å². The van der Waals surface area contributed by atoms with Crippen molar-refractivity contribution in [1.82, 2.24) is 5.32 Å². The van der Waals surface area contributed by atoms with Crippen LogP contribution in [0.5, 0.6) is 0 Å². The Labute approximate surface area is 53.8 Å². The monoisotopic (exact) mass is 150 g/mol. The second-order valence-electron chi connectivity index (χ2n) is 1.14. The molecule has 0 unspecified atom stereocenters. The second kappa shape index (κ2) is 4.02. The van der Waals surface area contributed by atoms with Gasteiger partial charge in [-0.3, -0.25) is 0 Å². The Kier molecular flexibility index (Phi) is 3.61. The molecule has 0 aromatic rings. The molecule has 0 saturated carbocycles. The van der Waals surface area contributed by atoms with E-state index in [9.17, 15) is 13.2 Å². The van der Waals surface area contributed by atoms with Crippen LogP contribution in [0.2, 0.25) is 0 Å². The number of hydrogen-bond donors (Lipinski definition) is 1. The first kappa shape index (κ1) is 8.09. The number of rotatable bonds is 1. The maximum atomic E-state index is 10.2. The Morgan fingerprint density at radius 2 is 2.22 bits per heavy atom. The van der Waals surface area contributed by atoms with Gasteiger partial charge in [-0.2, -0.15) is 8.42 Å². The maximum absolute atomic E-state index is 10.2. The molecule has 0 aliphatic heterocycles. The molecular weight excluding hydrogens is 144 g/mol. The standard InChI is InChI=1S/C3H6N2O3S/c1-2-4-3(6)5-9(7)8/h2H2,1H3,(H,4,6). The van der Waals surface area contributed by atoms with E-state index in [0.717, 1.165) is 0 Å². The van der Waals surface area contributed by atoms with Gasteiger partial charge in [0.25, 0.3) is 0 Å². The molecule has 5 nitrogen and oxygen atoms in total. The third kappa shape index (κ3) is 4.95. The third-order valence-corrected chi connectivity index (χ3v) is 0.800. The maximum Gasteiger partial charge on any atom is 0.355 e. The van der Waals surface area contributed by atoms with Crippen molar-refractivity contribution in [2.24, 2.45) is 4.36 Å². The van der Waals surface area contributed by atoms with Gasteiger partial charge in [0.05, 0.1) is 0 Å². The molecule has 52 valence electrons. The molecule has 0 atom stereocenters. The van der Waals surface area contributed by atoms with E-state index in [2.05, 4.69) is 9.68 Å². The molecule has 0 aliphatic rings. The highest BCUT2D eigenvalue weighted by molar-refractivity contribution is 7.62. The molecule has 0 saturated heterocycles. The Bertz CT molecular complexity index is 209. The Morgan fingerprint density at radius 1 is 1.67 bits per heavy atom. The number of carbonyl (C=O) groups excluding carboxylic acids is 1. The summed E-state index contributed by atoms with van der Waals surface area (Å²) in [6.07, 6.45) is 0. The van der Waals surface area contributed by atoms with Gasteiger partial charge >= 0.3 is 16.5 Å². The van der Waals surface area contributed by atoms with Crippen molar-refractivity contribution in [2.45, 2.75) is 6.92 Å². The Morgan fingerprint density at radius 3 is 2.56 bits per heavy atom. The molecular formula is C3H6N2O3S. The molecule has 0 fully saturated rings. The van der Waals surface area contributed by atoms with E-state index in [1.165, 1.54) is 0 Å². The minimum atomic E-state index is -2.63. The molecule has 2 amide bonds. The van der Waals surface area contributed by atoms with Crippen LogP contribution < -0.4 is 5.32 Å². The molecule has 0 heterocycles. The molecule has 0 aromatic carbocycles. The number of hydrogen-bond acceptors (Lipinski definition) is 3. The van der Waals surface area contributed by atoms with E-state index in [4.69, 9.17) is 0 Å². The van der Waals surface area contributed by atoms with Crippen molar-refractivity contribution in [3.8, 4) is 0 Å². The smallest absolute Gasteiger partial charge is 0.336 e. The minimum absolute atomic E-state index is 0.375. The van der Waals surface area contributed by atoms with Crippen LogP contribution in [0.1, 0.15) is 6.92 Å². The molecule has 9 heavy (non-hydrogen) atoms. The zero-order chi connectivity index (χ0) is 7.28. The Balaban J connectivity index is 3.94. The van der Waals surface area contributed by atoms with Gasteiger partial charge in [0, 0.05) is 6.54 Å². The van der Waals surface area contributed by atoms with Gasteiger partial charge < -0.3 is 5.32 Å². The fourth-order valence-electron chi connectivity index (χ4n) is 0.251. The number of nitrogens with one attached hydrogen (secondary N) is 1. The van der Waals surface area contributed by atoms with Gasteiger partial charge in [-0.1, -0.05) is 4.36 Å². The van der Waals surface area contributed by atoms with Crippen LogP contribution in [0.25, 0.3) is 0 Å². The lowest BCUT2D eigenvalue weighted by atomic mass is 10.7. The topological polar surface area (TPSA) is 75.6 Å². The first-order valence-corrected chi connectivity index (χ1v) is 3.29. The van der Waals surface area contributed by atoms with Crippen molar-refractivity contribution in [1.29, 1.82) is 0 Å². The highest BCUT2D eigenvalue weighted by atomic mass is 32.2. The van der Waals surface area contributed by atoms with Crippen LogP contribution in [0.15, 0.2) is 4.36 Å². The van der Waals surface area contributed by atoms with Gasteiger partial charge in [0.1, 0.15) is 0 Å². The Hall–Kier alpha value is -0.910. The average molecular weight is 150 g/mol. The summed E-state index contributed by atoms with van der Waals surface area (Å²) >= 11 is 0. The van der Waals surface area contributed by atoms with Crippen LogP contribution in [-0.4, -0.2) is 21.0 Å². The van der Waals surface area contributed by atoms with Crippen LogP contribution in [0, 0.1) is 0 Å². The van der Waals surface area contributed by atoms with Crippen molar-refractivity contribution in [3.05, 3.63) is 0 Å². The molecule has 1 N–H and O–H groups in total. The van der Waals surface area contributed by atoms with E-state index in [-0.39, 0.29) is 0 Å². The predicted molar refractivity (Wildman–Crippen MR) is 30.4 cm³/mol. The summed E-state index contributed by atoms with van der Waals surface area (Å²) in [7, 11) is -2.63. The van der Waals surface area contributed by atoms with Gasteiger partial charge in [-0.15, -0.1) is 0 Å². The van der Waals surface area contributed by atoms with E-state index >= 15 is 0 Å². The van der Waals surface area contributed by atoms with Crippen molar-refractivity contribution in [2.75, 3.05) is 6.54 Å². The molecule has 0 aromatic heterocycles. The summed E-state index contributed by atoms with van der Waals surface area (Å²) in [6.45, 7) is 2.04. The lowest BCUT2D eigenvalue weighted by Gasteiger charge is -1.87. The summed E-state index contributed by atoms with van der Waals surface area (Å²) in [5.74, 6) is 0. The molecule has 0 rings (SSSR count). The number of carbonyl (C=O) groups is 1. The molecule has 0 aliphatic carbocycles. The van der Waals surface area contributed by atoms with Crippen LogP contribution in [0.3, 0.4) is 0 Å². The third-order valence-electron chi connectivity index (χ3n) is 0.485. The fourth-order valence-corrected chi connectivity index (χ4v) is 0.451. The average Bonchev–Trinajstić information content (AvgIpc) is 1.63. The predicted octanol–water partition coefficient (Wildman–Crippen LogP) is -0.221. The van der Waals surface area contributed by atoms with E-state index in [1.54, 1.807) is 6.92 Å². The van der Waals surface area contributed by atoms with Crippen molar-refractivity contribution < 1.29 is 13.2 Å². The fraction of sp³-hybridized carbons (Fsp3) is 0.667. The van der Waals surface area contributed by atoms with Gasteiger partial charge in [0.15, 0.2) is 0 Å². The summed E-state index contributed by atoms with van der Waals surface area (Å²) < 4.78 is 21.9. The van der Waals surface area contributed by atoms with Crippen LogP contribution in [0.4, 0.5) is 4.79 Å². The summed E-state index contributed by atoms with van der Waals surface area (Å²) in [5, 5.41) is 2.18. The van der Waals surface area contributed by atoms with E-state index < -0.39 is 16.5 Å². The molecule has 0 spiro atoms. The summed E-state index contributed by atoms with van der Waals surface area (Å²) in [4.78, 5) is 10.2. The van der Waals surface area contributed by atoms with Crippen molar-refractivity contribution in [3.63, 3.8) is 0 Å². The highest BCUT2D eigenvalue weighted by Gasteiger charge is 1.91. The lowest BCUT2D eigenvalue weighted by Crippen LogP contribution is -2.18. The first-order chi connectivity index (χ1) is 4.16. The zero-order valence-corrected chi connectivity index (χ0v) is 5.60. The quantitative estimate of drug-likeness (QED) is 0.561. The normalized spacial score (nSPS) is 8.11. The molecule has 0 radical (unpaired) electrons. The van der Waals surface area contributed by atoms with Gasteiger partial charge in [-0.25, -0.2) is 4.79 Å². The summed E-state index contributed by atoms with van der Waals surface area (Å²) in [5.41, 5.74) is 0. The molecule has 0 bridgehead atoms. The number of urea groups is 1.